The Labute approximate surface area is 99.2 Å². The number of nitrogens with zero attached hydrogens (tertiary/aromatic N) is 1. The van der Waals surface area contributed by atoms with E-state index in [1.54, 1.807) is 0 Å². The Kier molecular flexibility index (Phi) is 3.43. The van der Waals surface area contributed by atoms with Crippen LogP contribution < -0.4 is 0 Å². The summed E-state index contributed by atoms with van der Waals surface area (Å²) in [5, 5.41) is 9.29. The zero-order chi connectivity index (χ0) is 10.7. The third kappa shape index (κ3) is 2.23. The summed E-state index contributed by atoms with van der Waals surface area (Å²) in [4.78, 5) is 0. The molecule has 1 saturated carbocycles. The normalized spacial score (nSPS) is 18.7. The first-order valence-electron chi connectivity index (χ1n) is 5.47. The molecule has 1 atom stereocenters. The molecule has 1 aromatic rings. The van der Waals surface area contributed by atoms with Crippen LogP contribution >= 0.6 is 15.9 Å². The second-order valence-corrected chi connectivity index (χ2v) is 5.03. The van der Waals surface area contributed by atoms with Crippen molar-refractivity contribution in [1.29, 1.82) is 5.26 Å². The van der Waals surface area contributed by atoms with Gasteiger partial charge in [0.15, 0.2) is 0 Å². The van der Waals surface area contributed by atoms with Crippen molar-refractivity contribution in [3.05, 3.63) is 34.3 Å². The third-order valence-corrected chi connectivity index (χ3v) is 3.97. The topological polar surface area (TPSA) is 23.8 Å². The highest BCUT2D eigenvalue weighted by Gasteiger charge is 2.27. The fourth-order valence-electron chi connectivity index (χ4n) is 2.45. The van der Waals surface area contributed by atoms with Crippen molar-refractivity contribution in [3.63, 3.8) is 0 Å². The van der Waals surface area contributed by atoms with Gasteiger partial charge >= 0.3 is 0 Å². The van der Waals surface area contributed by atoms with E-state index < -0.39 is 0 Å². The van der Waals surface area contributed by atoms with Gasteiger partial charge in [-0.2, -0.15) is 5.26 Å². The van der Waals surface area contributed by atoms with Gasteiger partial charge in [0.2, 0.25) is 0 Å². The predicted molar refractivity (Wildman–Crippen MR) is 64.5 cm³/mol. The van der Waals surface area contributed by atoms with Crippen LogP contribution in [-0.4, -0.2) is 0 Å². The Balaban J connectivity index is 2.27. The van der Waals surface area contributed by atoms with Crippen molar-refractivity contribution < 1.29 is 0 Å². The lowest BCUT2D eigenvalue weighted by atomic mass is 9.86. The standard InChI is InChI=1S/C13H14BrN/c14-13-8-4-3-7-11(13)12(9-15)10-5-1-2-6-10/h3-4,7-8,10,12H,1-2,5-6H2. The number of benzene rings is 1. The van der Waals surface area contributed by atoms with Gasteiger partial charge in [0, 0.05) is 4.47 Å². The van der Waals surface area contributed by atoms with Crippen molar-refractivity contribution in [2.45, 2.75) is 31.6 Å². The quantitative estimate of drug-likeness (QED) is 0.783. The lowest BCUT2D eigenvalue weighted by molar-refractivity contribution is 0.500. The highest BCUT2D eigenvalue weighted by atomic mass is 79.9. The molecule has 78 valence electrons. The molecule has 1 aliphatic carbocycles. The molecule has 0 heterocycles. The van der Waals surface area contributed by atoms with Crippen molar-refractivity contribution in [3.8, 4) is 6.07 Å². The van der Waals surface area contributed by atoms with E-state index in [0.717, 1.165) is 10.0 Å². The van der Waals surface area contributed by atoms with Crippen LogP contribution in [0.15, 0.2) is 28.7 Å². The first-order valence-corrected chi connectivity index (χ1v) is 6.26. The van der Waals surface area contributed by atoms with Gasteiger partial charge in [-0.25, -0.2) is 0 Å². The minimum atomic E-state index is 0.0723. The minimum absolute atomic E-state index is 0.0723. The Bertz CT molecular complexity index is 374. The maximum atomic E-state index is 9.29. The minimum Gasteiger partial charge on any atom is -0.198 e. The van der Waals surface area contributed by atoms with Gasteiger partial charge in [0.25, 0.3) is 0 Å². The highest BCUT2D eigenvalue weighted by molar-refractivity contribution is 9.10. The summed E-state index contributed by atoms with van der Waals surface area (Å²) in [6, 6.07) is 10.6. The van der Waals surface area contributed by atoms with Gasteiger partial charge in [-0.3, -0.25) is 0 Å². The molecule has 0 N–H and O–H groups in total. The van der Waals surface area contributed by atoms with Gasteiger partial charge in [-0.1, -0.05) is 47.0 Å². The van der Waals surface area contributed by atoms with E-state index in [4.69, 9.17) is 0 Å². The summed E-state index contributed by atoms with van der Waals surface area (Å²) < 4.78 is 1.07. The molecular formula is C13H14BrN. The highest BCUT2D eigenvalue weighted by Crippen LogP contribution is 2.39. The first-order chi connectivity index (χ1) is 7.33. The van der Waals surface area contributed by atoms with Gasteiger partial charge < -0.3 is 0 Å². The number of rotatable bonds is 2. The summed E-state index contributed by atoms with van der Waals surface area (Å²) in [5.41, 5.74) is 1.16. The lowest BCUT2D eigenvalue weighted by Gasteiger charge is -2.17. The van der Waals surface area contributed by atoms with E-state index in [1.807, 2.05) is 18.2 Å². The SMILES string of the molecule is N#CC(c1ccccc1Br)C1CCCC1. The fourth-order valence-corrected chi connectivity index (χ4v) is 2.98. The zero-order valence-electron chi connectivity index (χ0n) is 8.62. The van der Waals surface area contributed by atoms with Crippen LogP contribution in [0.25, 0.3) is 0 Å². The largest absolute Gasteiger partial charge is 0.198 e. The number of nitriles is 1. The average molecular weight is 264 g/mol. The van der Waals surface area contributed by atoms with Crippen LogP contribution in [0.1, 0.15) is 37.2 Å². The second-order valence-electron chi connectivity index (χ2n) is 4.17. The van der Waals surface area contributed by atoms with Crippen molar-refractivity contribution in [2.24, 2.45) is 5.92 Å². The van der Waals surface area contributed by atoms with Crippen molar-refractivity contribution in [2.75, 3.05) is 0 Å². The van der Waals surface area contributed by atoms with Crippen molar-refractivity contribution in [1.82, 2.24) is 0 Å². The molecule has 0 spiro atoms. The van der Waals surface area contributed by atoms with E-state index in [2.05, 4.69) is 28.1 Å². The van der Waals surface area contributed by atoms with Crippen LogP contribution in [0.2, 0.25) is 0 Å². The van der Waals surface area contributed by atoms with E-state index in [-0.39, 0.29) is 5.92 Å². The van der Waals surface area contributed by atoms with Crippen LogP contribution in [0.5, 0.6) is 0 Å². The van der Waals surface area contributed by atoms with Crippen LogP contribution in [0, 0.1) is 17.2 Å². The second kappa shape index (κ2) is 4.81. The molecule has 0 bridgehead atoms. The lowest BCUT2D eigenvalue weighted by Crippen LogP contribution is -2.08. The average Bonchev–Trinajstić information content (AvgIpc) is 2.75. The molecule has 1 aliphatic rings. The molecule has 0 amide bonds. The van der Waals surface area contributed by atoms with Crippen LogP contribution in [0.4, 0.5) is 0 Å². The molecule has 1 fully saturated rings. The Morgan fingerprint density at radius 3 is 2.53 bits per heavy atom. The van der Waals surface area contributed by atoms with E-state index in [9.17, 15) is 5.26 Å². The number of hydrogen-bond acceptors (Lipinski definition) is 1. The van der Waals surface area contributed by atoms with E-state index >= 15 is 0 Å². The van der Waals surface area contributed by atoms with E-state index in [1.165, 1.54) is 25.7 Å². The molecule has 1 aromatic carbocycles. The molecule has 0 saturated heterocycles. The van der Waals surface area contributed by atoms with Crippen LogP contribution in [0.3, 0.4) is 0 Å². The van der Waals surface area contributed by atoms with Crippen LogP contribution in [-0.2, 0) is 0 Å². The smallest absolute Gasteiger partial charge is 0.0751 e. The fraction of sp³-hybridized carbons (Fsp3) is 0.462. The maximum absolute atomic E-state index is 9.29. The molecule has 0 aromatic heterocycles. The van der Waals surface area contributed by atoms with E-state index in [0.29, 0.717) is 5.92 Å². The summed E-state index contributed by atoms with van der Waals surface area (Å²) in [6.07, 6.45) is 4.99. The zero-order valence-corrected chi connectivity index (χ0v) is 10.2. The summed E-state index contributed by atoms with van der Waals surface area (Å²) in [6.45, 7) is 0. The molecule has 2 heteroatoms. The Morgan fingerprint density at radius 1 is 1.27 bits per heavy atom. The Hall–Kier alpha value is -0.810. The van der Waals surface area contributed by atoms with Gasteiger partial charge in [-0.05, 0) is 30.4 Å². The number of halogens is 1. The monoisotopic (exact) mass is 263 g/mol. The van der Waals surface area contributed by atoms with Crippen molar-refractivity contribution >= 4 is 15.9 Å². The first kappa shape index (κ1) is 10.7. The molecule has 0 radical (unpaired) electrons. The molecule has 1 nitrogen and oxygen atoms in total. The summed E-state index contributed by atoms with van der Waals surface area (Å²) in [7, 11) is 0. The van der Waals surface area contributed by atoms with Gasteiger partial charge in [0.05, 0.1) is 12.0 Å². The summed E-state index contributed by atoms with van der Waals surface area (Å²) in [5.74, 6) is 0.636. The molecule has 2 rings (SSSR count). The Morgan fingerprint density at radius 2 is 1.93 bits per heavy atom. The van der Waals surface area contributed by atoms with Gasteiger partial charge in [0.1, 0.15) is 0 Å². The maximum Gasteiger partial charge on any atom is 0.0751 e. The summed E-state index contributed by atoms with van der Waals surface area (Å²) >= 11 is 3.53. The molecule has 1 unspecified atom stereocenters. The number of hydrogen-bond donors (Lipinski definition) is 0. The molecule has 15 heavy (non-hydrogen) atoms. The molecule has 0 aliphatic heterocycles. The third-order valence-electron chi connectivity index (χ3n) is 3.25. The van der Waals surface area contributed by atoms with Gasteiger partial charge in [-0.15, -0.1) is 0 Å². The molecular weight excluding hydrogens is 250 g/mol. The predicted octanol–water partition coefficient (Wildman–Crippen LogP) is 4.25.